The number of rotatable bonds is 4. The van der Waals surface area contributed by atoms with Crippen molar-refractivity contribution in [1.29, 1.82) is 0 Å². The van der Waals surface area contributed by atoms with E-state index < -0.39 is 0 Å². The van der Waals surface area contributed by atoms with Crippen LogP contribution in [0.3, 0.4) is 0 Å². The van der Waals surface area contributed by atoms with Gasteiger partial charge in [0.1, 0.15) is 12.4 Å². The first-order valence-corrected chi connectivity index (χ1v) is 5.65. The summed E-state index contributed by atoms with van der Waals surface area (Å²) in [6, 6.07) is 4.41. The smallest absolute Gasteiger partial charge is 0.223 e. The lowest BCUT2D eigenvalue weighted by Crippen LogP contribution is -2.04. The van der Waals surface area contributed by atoms with E-state index in [1.807, 2.05) is 0 Å². The SMILES string of the molecule is CCc1cc(C)cc(CC)c1OC1CO1. The summed E-state index contributed by atoms with van der Waals surface area (Å²) >= 11 is 0. The second-order valence-electron chi connectivity index (χ2n) is 4.00. The molecular formula is C13H18O2. The molecule has 2 heteroatoms. The third-order valence-electron chi connectivity index (χ3n) is 2.70. The molecule has 0 aromatic heterocycles. The Morgan fingerprint density at radius 3 is 2.20 bits per heavy atom. The Bertz CT molecular complexity index is 329. The van der Waals surface area contributed by atoms with Gasteiger partial charge in [-0.3, -0.25) is 0 Å². The predicted molar refractivity (Wildman–Crippen MR) is 60.3 cm³/mol. The molecule has 0 amide bonds. The van der Waals surface area contributed by atoms with Crippen molar-refractivity contribution in [3.63, 3.8) is 0 Å². The van der Waals surface area contributed by atoms with Gasteiger partial charge in [-0.05, 0) is 30.9 Å². The first-order chi connectivity index (χ1) is 7.24. The van der Waals surface area contributed by atoms with Gasteiger partial charge in [-0.15, -0.1) is 0 Å². The molecule has 15 heavy (non-hydrogen) atoms. The molecule has 1 aliphatic heterocycles. The molecule has 1 aromatic rings. The molecule has 82 valence electrons. The number of benzene rings is 1. The molecule has 2 rings (SSSR count). The van der Waals surface area contributed by atoms with Crippen LogP contribution in [-0.4, -0.2) is 12.9 Å². The van der Waals surface area contributed by atoms with Gasteiger partial charge in [0.2, 0.25) is 6.29 Å². The van der Waals surface area contributed by atoms with E-state index in [2.05, 4.69) is 32.9 Å². The lowest BCUT2D eigenvalue weighted by Gasteiger charge is -2.14. The fourth-order valence-corrected chi connectivity index (χ4v) is 1.84. The second-order valence-corrected chi connectivity index (χ2v) is 4.00. The van der Waals surface area contributed by atoms with Gasteiger partial charge in [0.25, 0.3) is 0 Å². The number of epoxide rings is 1. The third-order valence-corrected chi connectivity index (χ3v) is 2.70. The molecule has 1 fully saturated rings. The van der Waals surface area contributed by atoms with Crippen LogP contribution < -0.4 is 4.74 Å². The van der Waals surface area contributed by atoms with Crippen molar-refractivity contribution >= 4 is 0 Å². The summed E-state index contributed by atoms with van der Waals surface area (Å²) in [6.07, 6.45) is 2.02. The van der Waals surface area contributed by atoms with Gasteiger partial charge in [-0.2, -0.15) is 0 Å². The van der Waals surface area contributed by atoms with Crippen LogP contribution in [0.25, 0.3) is 0 Å². The van der Waals surface area contributed by atoms with Crippen molar-refractivity contribution in [3.05, 3.63) is 28.8 Å². The Hall–Kier alpha value is -1.02. The monoisotopic (exact) mass is 206 g/mol. The molecule has 1 heterocycles. The fraction of sp³-hybridized carbons (Fsp3) is 0.538. The maximum atomic E-state index is 5.80. The maximum absolute atomic E-state index is 5.80. The van der Waals surface area contributed by atoms with Crippen LogP contribution in [0.4, 0.5) is 0 Å². The molecule has 1 saturated heterocycles. The summed E-state index contributed by atoms with van der Waals surface area (Å²) in [5.74, 6) is 1.05. The van der Waals surface area contributed by atoms with Crippen LogP contribution >= 0.6 is 0 Å². The number of hydrogen-bond acceptors (Lipinski definition) is 2. The topological polar surface area (TPSA) is 21.8 Å². The van der Waals surface area contributed by atoms with Gasteiger partial charge in [-0.25, -0.2) is 0 Å². The molecular weight excluding hydrogens is 188 g/mol. The van der Waals surface area contributed by atoms with Crippen LogP contribution in [-0.2, 0) is 17.6 Å². The summed E-state index contributed by atoms with van der Waals surface area (Å²) < 4.78 is 10.9. The second kappa shape index (κ2) is 4.23. The summed E-state index contributed by atoms with van der Waals surface area (Å²) in [7, 11) is 0. The predicted octanol–water partition coefficient (Wildman–Crippen LogP) is 2.85. The van der Waals surface area contributed by atoms with E-state index in [0.717, 1.165) is 25.2 Å². The van der Waals surface area contributed by atoms with Gasteiger partial charge in [0, 0.05) is 0 Å². The number of aryl methyl sites for hydroxylation is 3. The van der Waals surface area contributed by atoms with Crippen LogP contribution in [0, 0.1) is 6.92 Å². The van der Waals surface area contributed by atoms with Crippen LogP contribution in [0.15, 0.2) is 12.1 Å². The van der Waals surface area contributed by atoms with Gasteiger partial charge >= 0.3 is 0 Å². The van der Waals surface area contributed by atoms with Crippen molar-refractivity contribution in [3.8, 4) is 5.75 Å². The molecule has 0 saturated carbocycles. The van der Waals surface area contributed by atoms with E-state index >= 15 is 0 Å². The Morgan fingerprint density at radius 2 is 1.80 bits per heavy atom. The van der Waals surface area contributed by atoms with Crippen LogP contribution in [0.5, 0.6) is 5.75 Å². The van der Waals surface area contributed by atoms with Crippen molar-refractivity contribution in [2.45, 2.75) is 39.9 Å². The van der Waals surface area contributed by atoms with E-state index in [1.54, 1.807) is 0 Å². The Balaban J connectivity index is 2.36. The zero-order valence-corrected chi connectivity index (χ0v) is 9.67. The highest BCUT2D eigenvalue weighted by Crippen LogP contribution is 2.30. The van der Waals surface area contributed by atoms with E-state index in [0.29, 0.717) is 0 Å². The molecule has 1 unspecified atom stereocenters. The highest BCUT2D eigenvalue weighted by atomic mass is 16.8. The zero-order chi connectivity index (χ0) is 10.8. The normalized spacial score (nSPS) is 19.0. The molecule has 1 atom stereocenters. The van der Waals surface area contributed by atoms with E-state index in [-0.39, 0.29) is 6.29 Å². The summed E-state index contributed by atoms with van der Waals surface area (Å²) in [5, 5.41) is 0. The van der Waals surface area contributed by atoms with Gasteiger partial charge in [0.15, 0.2) is 0 Å². The summed E-state index contributed by atoms with van der Waals surface area (Å²) in [5.41, 5.74) is 3.90. The highest BCUT2D eigenvalue weighted by molar-refractivity contribution is 5.44. The quantitative estimate of drug-likeness (QED) is 0.706. The summed E-state index contributed by atoms with van der Waals surface area (Å²) in [4.78, 5) is 0. The summed E-state index contributed by atoms with van der Waals surface area (Å²) in [6.45, 7) is 7.19. The lowest BCUT2D eigenvalue weighted by molar-refractivity contribution is 0.176. The average Bonchev–Trinajstić information content (AvgIpc) is 3.03. The van der Waals surface area contributed by atoms with E-state index in [1.165, 1.54) is 16.7 Å². The van der Waals surface area contributed by atoms with Crippen LogP contribution in [0.1, 0.15) is 30.5 Å². The molecule has 0 radical (unpaired) electrons. The Kier molecular flexibility index (Phi) is 2.96. The Morgan fingerprint density at radius 1 is 1.27 bits per heavy atom. The molecule has 0 spiro atoms. The number of hydrogen-bond donors (Lipinski definition) is 0. The van der Waals surface area contributed by atoms with E-state index in [4.69, 9.17) is 9.47 Å². The van der Waals surface area contributed by atoms with Crippen LogP contribution in [0.2, 0.25) is 0 Å². The molecule has 0 bridgehead atoms. The van der Waals surface area contributed by atoms with Gasteiger partial charge in [0.05, 0.1) is 0 Å². The maximum Gasteiger partial charge on any atom is 0.223 e. The fourth-order valence-electron chi connectivity index (χ4n) is 1.84. The molecule has 2 nitrogen and oxygen atoms in total. The standard InChI is InChI=1S/C13H18O2/c1-4-10-6-9(3)7-11(5-2)13(10)15-12-8-14-12/h6-7,12H,4-5,8H2,1-3H3. The largest absolute Gasteiger partial charge is 0.462 e. The van der Waals surface area contributed by atoms with Crippen molar-refractivity contribution in [1.82, 2.24) is 0 Å². The zero-order valence-electron chi connectivity index (χ0n) is 9.67. The first kappa shape index (κ1) is 10.5. The minimum Gasteiger partial charge on any atom is -0.462 e. The molecule has 0 aliphatic carbocycles. The number of ether oxygens (including phenoxy) is 2. The van der Waals surface area contributed by atoms with Crippen molar-refractivity contribution in [2.24, 2.45) is 0 Å². The minimum absolute atomic E-state index is 0.00306. The highest BCUT2D eigenvalue weighted by Gasteiger charge is 2.26. The van der Waals surface area contributed by atoms with Crippen molar-refractivity contribution in [2.75, 3.05) is 6.61 Å². The first-order valence-electron chi connectivity index (χ1n) is 5.65. The third kappa shape index (κ3) is 2.32. The van der Waals surface area contributed by atoms with E-state index in [9.17, 15) is 0 Å². The molecule has 0 N–H and O–H groups in total. The Labute approximate surface area is 91.2 Å². The molecule has 1 aliphatic rings. The lowest BCUT2D eigenvalue weighted by atomic mass is 10.0. The minimum atomic E-state index is 0.00306. The van der Waals surface area contributed by atoms with Gasteiger partial charge < -0.3 is 9.47 Å². The molecule has 1 aromatic carbocycles. The van der Waals surface area contributed by atoms with Gasteiger partial charge in [-0.1, -0.05) is 31.5 Å². The van der Waals surface area contributed by atoms with Crippen molar-refractivity contribution < 1.29 is 9.47 Å². The average molecular weight is 206 g/mol.